The number of rotatable bonds is 2. The summed E-state index contributed by atoms with van der Waals surface area (Å²) in [4.78, 5) is 28.2. The standard InChI is InChI=1S/C15H11N3O2/c16-14(19)11-6-2-4-8-13(11)18-9-17-12-7-3-1-5-10(12)15(18)20/h1-9H,(H2,16,19). The second-order valence-corrected chi connectivity index (χ2v) is 4.32. The molecule has 5 heteroatoms. The predicted octanol–water partition coefficient (Wildman–Crippen LogP) is 1.48. The summed E-state index contributed by atoms with van der Waals surface area (Å²) in [6.07, 6.45) is 1.41. The highest BCUT2D eigenvalue weighted by Crippen LogP contribution is 2.13. The van der Waals surface area contributed by atoms with Gasteiger partial charge in [-0.05, 0) is 24.3 Å². The molecule has 0 unspecified atom stereocenters. The first kappa shape index (κ1) is 12.1. The molecule has 0 radical (unpaired) electrons. The molecule has 2 aromatic carbocycles. The minimum Gasteiger partial charge on any atom is -0.366 e. The number of carbonyl (C=O) groups excluding carboxylic acids is 1. The monoisotopic (exact) mass is 265 g/mol. The molecule has 0 bridgehead atoms. The quantitative estimate of drug-likeness (QED) is 0.762. The van der Waals surface area contributed by atoms with Gasteiger partial charge in [0.2, 0.25) is 0 Å². The lowest BCUT2D eigenvalue weighted by atomic mass is 10.1. The highest BCUT2D eigenvalue weighted by Gasteiger charge is 2.11. The number of amides is 1. The first-order valence-electron chi connectivity index (χ1n) is 6.04. The van der Waals surface area contributed by atoms with Crippen molar-refractivity contribution in [3.63, 3.8) is 0 Å². The Morgan fingerprint density at radius 2 is 1.75 bits per heavy atom. The van der Waals surface area contributed by atoms with E-state index in [1.807, 2.05) is 6.07 Å². The minimum atomic E-state index is -0.583. The highest BCUT2D eigenvalue weighted by atomic mass is 16.1. The van der Waals surface area contributed by atoms with E-state index in [1.54, 1.807) is 42.5 Å². The Bertz CT molecular complexity index is 868. The molecule has 3 rings (SSSR count). The summed E-state index contributed by atoms with van der Waals surface area (Å²) in [5, 5.41) is 0.495. The molecule has 0 spiro atoms. The van der Waals surface area contributed by atoms with Gasteiger partial charge in [-0.1, -0.05) is 24.3 Å². The van der Waals surface area contributed by atoms with Gasteiger partial charge < -0.3 is 5.73 Å². The number of fused-ring (bicyclic) bond motifs is 1. The van der Waals surface area contributed by atoms with Crippen molar-refractivity contribution in [2.45, 2.75) is 0 Å². The Morgan fingerprint density at radius 1 is 1.05 bits per heavy atom. The van der Waals surface area contributed by atoms with Crippen molar-refractivity contribution in [1.29, 1.82) is 0 Å². The zero-order chi connectivity index (χ0) is 14.1. The van der Waals surface area contributed by atoms with Crippen molar-refractivity contribution in [2.24, 2.45) is 5.73 Å². The summed E-state index contributed by atoms with van der Waals surface area (Å²) in [5.41, 5.74) is 6.44. The van der Waals surface area contributed by atoms with Crippen LogP contribution in [0.25, 0.3) is 16.6 Å². The molecule has 3 aromatic rings. The number of primary amides is 1. The number of carbonyl (C=O) groups is 1. The molecule has 20 heavy (non-hydrogen) atoms. The van der Waals surface area contributed by atoms with Crippen LogP contribution in [0.2, 0.25) is 0 Å². The Morgan fingerprint density at radius 3 is 2.55 bits per heavy atom. The van der Waals surface area contributed by atoms with E-state index >= 15 is 0 Å². The topological polar surface area (TPSA) is 78.0 Å². The summed E-state index contributed by atoms with van der Waals surface area (Å²) < 4.78 is 1.34. The van der Waals surface area contributed by atoms with Crippen LogP contribution in [0.3, 0.4) is 0 Å². The van der Waals surface area contributed by atoms with E-state index in [0.717, 1.165) is 0 Å². The largest absolute Gasteiger partial charge is 0.366 e. The second-order valence-electron chi connectivity index (χ2n) is 4.32. The van der Waals surface area contributed by atoms with Gasteiger partial charge in [-0.25, -0.2) is 4.98 Å². The number of benzene rings is 2. The molecule has 2 N–H and O–H groups in total. The van der Waals surface area contributed by atoms with Gasteiger partial charge in [0.1, 0.15) is 6.33 Å². The molecule has 1 aromatic heterocycles. The van der Waals surface area contributed by atoms with Crippen molar-refractivity contribution in [3.8, 4) is 5.69 Å². The fourth-order valence-corrected chi connectivity index (χ4v) is 2.13. The number of nitrogens with two attached hydrogens (primary N) is 1. The third kappa shape index (κ3) is 1.85. The van der Waals surface area contributed by atoms with Crippen LogP contribution in [0, 0.1) is 0 Å². The molecule has 0 saturated carbocycles. The maximum Gasteiger partial charge on any atom is 0.265 e. The lowest BCUT2D eigenvalue weighted by Crippen LogP contribution is -2.22. The van der Waals surface area contributed by atoms with Crippen molar-refractivity contribution < 1.29 is 4.79 Å². The number of nitrogens with zero attached hydrogens (tertiary/aromatic N) is 2. The Labute approximate surface area is 114 Å². The van der Waals surface area contributed by atoms with E-state index in [-0.39, 0.29) is 11.1 Å². The van der Waals surface area contributed by atoms with Crippen LogP contribution in [0.1, 0.15) is 10.4 Å². The zero-order valence-electron chi connectivity index (χ0n) is 10.5. The third-order valence-electron chi connectivity index (χ3n) is 3.09. The molecule has 5 nitrogen and oxygen atoms in total. The molecule has 0 aliphatic carbocycles. The zero-order valence-corrected chi connectivity index (χ0v) is 10.5. The average Bonchev–Trinajstić information content (AvgIpc) is 2.48. The van der Waals surface area contributed by atoms with E-state index in [0.29, 0.717) is 16.6 Å². The van der Waals surface area contributed by atoms with Crippen molar-refractivity contribution in [2.75, 3.05) is 0 Å². The number of hydrogen-bond donors (Lipinski definition) is 1. The van der Waals surface area contributed by atoms with Crippen LogP contribution in [-0.4, -0.2) is 15.5 Å². The SMILES string of the molecule is NC(=O)c1ccccc1-n1cnc2ccccc2c1=O. The van der Waals surface area contributed by atoms with Crippen molar-refractivity contribution in [3.05, 3.63) is 70.8 Å². The molecular weight excluding hydrogens is 254 g/mol. The summed E-state index contributed by atoms with van der Waals surface area (Å²) in [6.45, 7) is 0. The summed E-state index contributed by atoms with van der Waals surface area (Å²) >= 11 is 0. The Kier molecular flexibility index (Phi) is 2.80. The lowest BCUT2D eigenvalue weighted by Gasteiger charge is -2.09. The number of hydrogen-bond acceptors (Lipinski definition) is 3. The van der Waals surface area contributed by atoms with E-state index in [4.69, 9.17) is 5.73 Å². The van der Waals surface area contributed by atoms with Gasteiger partial charge in [0.05, 0.1) is 22.2 Å². The fourth-order valence-electron chi connectivity index (χ4n) is 2.13. The van der Waals surface area contributed by atoms with Gasteiger partial charge in [-0.15, -0.1) is 0 Å². The van der Waals surface area contributed by atoms with Crippen LogP contribution in [0.15, 0.2) is 59.7 Å². The van der Waals surface area contributed by atoms with E-state index in [2.05, 4.69) is 4.98 Å². The molecule has 0 fully saturated rings. The Balaban J connectivity index is 2.34. The maximum atomic E-state index is 12.5. The van der Waals surface area contributed by atoms with Gasteiger partial charge in [-0.3, -0.25) is 14.2 Å². The smallest absolute Gasteiger partial charge is 0.265 e. The van der Waals surface area contributed by atoms with E-state index in [9.17, 15) is 9.59 Å². The predicted molar refractivity (Wildman–Crippen MR) is 75.9 cm³/mol. The third-order valence-corrected chi connectivity index (χ3v) is 3.09. The van der Waals surface area contributed by atoms with Crippen LogP contribution in [0.4, 0.5) is 0 Å². The summed E-state index contributed by atoms with van der Waals surface area (Å²) in [5.74, 6) is -0.583. The molecule has 0 aliphatic heterocycles. The van der Waals surface area contributed by atoms with Gasteiger partial charge in [-0.2, -0.15) is 0 Å². The van der Waals surface area contributed by atoms with Crippen LogP contribution in [0.5, 0.6) is 0 Å². The Hall–Kier alpha value is -2.95. The van der Waals surface area contributed by atoms with Crippen molar-refractivity contribution in [1.82, 2.24) is 9.55 Å². The first-order valence-corrected chi connectivity index (χ1v) is 6.04. The lowest BCUT2D eigenvalue weighted by molar-refractivity contribution is 0.100. The van der Waals surface area contributed by atoms with Crippen LogP contribution in [-0.2, 0) is 0 Å². The van der Waals surface area contributed by atoms with Gasteiger partial charge in [0.25, 0.3) is 11.5 Å². The maximum absolute atomic E-state index is 12.5. The molecule has 1 amide bonds. The molecule has 1 heterocycles. The average molecular weight is 265 g/mol. The number of para-hydroxylation sites is 2. The second kappa shape index (κ2) is 4.62. The van der Waals surface area contributed by atoms with E-state index < -0.39 is 5.91 Å². The van der Waals surface area contributed by atoms with E-state index in [1.165, 1.54) is 10.9 Å². The van der Waals surface area contributed by atoms with Crippen LogP contribution < -0.4 is 11.3 Å². The first-order chi connectivity index (χ1) is 9.68. The van der Waals surface area contributed by atoms with Gasteiger partial charge >= 0.3 is 0 Å². The van der Waals surface area contributed by atoms with Gasteiger partial charge in [0.15, 0.2) is 0 Å². The molecule has 0 saturated heterocycles. The van der Waals surface area contributed by atoms with Crippen LogP contribution >= 0.6 is 0 Å². The van der Waals surface area contributed by atoms with Gasteiger partial charge in [0, 0.05) is 0 Å². The molecule has 0 aliphatic rings. The molecular formula is C15H11N3O2. The molecule has 0 atom stereocenters. The summed E-state index contributed by atoms with van der Waals surface area (Å²) in [6, 6.07) is 13.7. The normalized spacial score (nSPS) is 10.6. The summed E-state index contributed by atoms with van der Waals surface area (Å²) in [7, 11) is 0. The number of aromatic nitrogens is 2. The molecule has 98 valence electrons. The fraction of sp³-hybridized carbons (Fsp3) is 0. The van der Waals surface area contributed by atoms with Crippen molar-refractivity contribution >= 4 is 16.8 Å². The minimum absolute atomic E-state index is 0.232. The highest BCUT2D eigenvalue weighted by molar-refractivity contribution is 5.96.